The average Bonchev–Trinajstić information content (AvgIpc) is 2.89. The van der Waals surface area contributed by atoms with Gasteiger partial charge in [0.05, 0.1) is 5.02 Å². The Labute approximate surface area is 117 Å². The molecule has 3 rings (SSSR count). The lowest BCUT2D eigenvalue weighted by molar-refractivity contribution is 0.355. The van der Waals surface area contributed by atoms with E-state index in [1.807, 2.05) is 18.5 Å². The fraction of sp³-hybridized carbons (Fsp3) is 0.429. The van der Waals surface area contributed by atoms with Crippen molar-refractivity contribution in [1.29, 1.82) is 0 Å². The Balaban J connectivity index is 1.99. The van der Waals surface area contributed by atoms with Crippen molar-refractivity contribution in [2.24, 2.45) is 0 Å². The van der Waals surface area contributed by atoms with Crippen molar-refractivity contribution in [3.05, 3.63) is 29.5 Å². The molecule has 0 unspecified atom stereocenters. The summed E-state index contributed by atoms with van der Waals surface area (Å²) in [5, 5.41) is 8.93. The second kappa shape index (κ2) is 5.21. The summed E-state index contributed by atoms with van der Waals surface area (Å²) in [4.78, 5) is 0. The summed E-state index contributed by atoms with van der Waals surface area (Å²) in [5.74, 6) is 0.844. The molecule has 0 spiro atoms. The Morgan fingerprint density at radius 1 is 1.21 bits per heavy atom. The van der Waals surface area contributed by atoms with Gasteiger partial charge in [-0.25, -0.2) is 0 Å². The molecule has 1 aromatic heterocycles. The van der Waals surface area contributed by atoms with Crippen LogP contribution in [0, 0.1) is 0 Å². The zero-order valence-electron chi connectivity index (χ0n) is 10.7. The summed E-state index contributed by atoms with van der Waals surface area (Å²) < 4.78 is 2.16. The molecular weight excluding hydrogens is 260 g/mol. The lowest BCUT2D eigenvalue weighted by atomic mass is 9.95. The van der Waals surface area contributed by atoms with Crippen molar-refractivity contribution in [3.63, 3.8) is 0 Å². The van der Waals surface area contributed by atoms with Gasteiger partial charge in [-0.05, 0) is 31.0 Å². The van der Waals surface area contributed by atoms with Crippen LogP contribution < -0.4 is 5.73 Å². The molecule has 2 aromatic rings. The number of anilines is 1. The van der Waals surface area contributed by atoms with E-state index in [2.05, 4.69) is 14.8 Å². The number of hydrogen-bond acceptors (Lipinski definition) is 3. The van der Waals surface area contributed by atoms with E-state index in [0.29, 0.717) is 16.8 Å². The van der Waals surface area contributed by atoms with E-state index in [1.54, 1.807) is 6.07 Å². The molecular formula is C14H17ClN4. The number of nitrogens with two attached hydrogens (primary N) is 1. The quantitative estimate of drug-likeness (QED) is 0.851. The van der Waals surface area contributed by atoms with Crippen LogP contribution in [0.3, 0.4) is 0 Å². The molecule has 2 N–H and O–H groups in total. The average molecular weight is 277 g/mol. The molecule has 19 heavy (non-hydrogen) atoms. The van der Waals surface area contributed by atoms with E-state index < -0.39 is 0 Å². The molecule has 1 saturated carbocycles. The maximum Gasteiger partial charge on any atom is 0.165 e. The number of nitrogen functional groups attached to an aromatic ring is 1. The normalized spacial score (nSPS) is 16.7. The number of nitrogens with zero attached hydrogens (tertiary/aromatic N) is 3. The molecule has 0 bridgehead atoms. The van der Waals surface area contributed by atoms with Crippen molar-refractivity contribution >= 4 is 17.3 Å². The Bertz CT molecular complexity index is 573. The van der Waals surface area contributed by atoms with Crippen molar-refractivity contribution in [1.82, 2.24) is 14.8 Å². The smallest absolute Gasteiger partial charge is 0.165 e. The largest absolute Gasteiger partial charge is 0.399 e. The van der Waals surface area contributed by atoms with Crippen LogP contribution in [-0.2, 0) is 0 Å². The molecule has 0 amide bonds. The first kappa shape index (κ1) is 12.5. The zero-order chi connectivity index (χ0) is 13.2. The van der Waals surface area contributed by atoms with Crippen LogP contribution in [0.25, 0.3) is 11.4 Å². The maximum absolute atomic E-state index is 6.27. The highest BCUT2D eigenvalue weighted by molar-refractivity contribution is 6.33. The van der Waals surface area contributed by atoms with Gasteiger partial charge in [-0.15, -0.1) is 10.2 Å². The van der Waals surface area contributed by atoms with Crippen LogP contribution in [0.5, 0.6) is 0 Å². The van der Waals surface area contributed by atoms with Gasteiger partial charge in [-0.1, -0.05) is 30.9 Å². The maximum atomic E-state index is 6.27. The lowest BCUT2D eigenvalue weighted by Crippen LogP contribution is -2.13. The summed E-state index contributed by atoms with van der Waals surface area (Å²) in [5.41, 5.74) is 7.30. The molecule has 0 aliphatic heterocycles. The molecule has 1 aliphatic rings. The molecule has 100 valence electrons. The first-order valence-corrected chi connectivity index (χ1v) is 7.08. The molecule has 0 saturated heterocycles. The Morgan fingerprint density at radius 2 is 2.00 bits per heavy atom. The fourth-order valence-electron chi connectivity index (χ4n) is 2.77. The molecule has 1 aliphatic carbocycles. The van der Waals surface area contributed by atoms with Crippen molar-refractivity contribution in [2.45, 2.75) is 38.1 Å². The second-order valence-corrected chi connectivity index (χ2v) is 5.50. The van der Waals surface area contributed by atoms with Gasteiger partial charge in [-0.2, -0.15) is 0 Å². The second-order valence-electron chi connectivity index (χ2n) is 5.09. The first-order chi connectivity index (χ1) is 9.25. The Hall–Kier alpha value is -1.55. The highest BCUT2D eigenvalue weighted by atomic mass is 35.5. The van der Waals surface area contributed by atoms with Crippen LogP contribution in [0.15, 0.2) is 24.5 Å². The molecule has 4 nitrogen and oxygen atoms in total. The zero-order valence-corrected chi connectivity index (χ0v) is 11.5. The van der Waals surface area contributed by atoms with Crippen LogP contribution in [-0.4, -0.2) is 14.8 Å². The summed E-state index contributed by atoms with van der Waals surface area (Å²) in [6.07, 6.45) is 8.08. The molecule has 1 aromatic carbocycles. The molecule has 5 heteroatoms. The predicted molar refractivity (Wildman–Crippen MR) is 77.0 cm³/mol. The third-order valence-corrected chi connectivity index (χ3v) is 4.09. The van der Waals surface area contributed by atoms with Gasteiger partial charge < -0.3 is 10.3 Å². The van der Waals surface area contributed by atoms with Crippen molar-refractivity contribution < 1.29 is 0 Å². The summed E-state index contributed by atoms with van der Waals surface area (Å²) in [6, 6.07) is 6.02. The fourth-order valence-corrected chi connectivity index (χ4v) is 3.05. The molecule has 0 atom stereocenters. The molecule has 1 fully saturated rings. The highest BCUT2D eigenvalue weighted by Gasteiger charge is 2.20. The van der Waals surface area contributed by atoms with E-state index in [1.165, 1.54) is 32.1 Å². The van der Waals surface area contributed by atoms with Gasteiger partial charge in [0.25, 0.3) is 0 Å². The van der Waals surface area contributed by atoms with E-state index >= 15 is 0 Å². The third kappa shape index (κ3) is 2.45. The Morgan fingerprint density at radius 3 is 2.74 bits per heavy atom. The van der Waals surface area contributed by atoms with Gasteiger partial charge in [0.2, 0.25) is 0 Å². The van der Waals surface area contributed by atoms with Gasteiger partial charge in [0.1, 0.15) is 6.33 Å². The van der Waals surface area contributed by atoms with Gasteiger partial charge >= 0.3 is 0 Å². The highest BCUT2D eigenvalue weighted by Crippen LogP contribution is 2.34. The number of rotatable bonds is 2. The summed E-state index contributed by atoms with van der Waals surface area (Å²) in [6.45, 7) is 0. The lowest BCUT2D eigenvalue weighted by Gasteiger charge is -2.24. The number of benzene rings is 1. The number of halogens is 1. The number of hydrogen-bond donors (Lipinski definition) is 1. The monoisotopic (exact) mass is 276 g/mol. The van der Waals surface area contributed by atoms with Crippen LogP contribution in [0.1, 0.15) is 38.1 Å². The first-order valence-electron chi connectivity index (χ1n) is 6.70. The topological polar surface area (TPSA) is 56.7 Å². The summed E-state index contributed by atoms with van der Waals surface area (Å²) in [7, 11) is 0. The summed E-state index contributed by atoms with van der Waals surface area (Å²) >= 11 is 6.27. The standard InChI is InChI=1S/C14H17ClN4/c15-13-8-10(16)6-7-12(13)14-18-17-9-19(14)11-4-2-1-3-5-11/h6-9,11H,1-5,16H2. The van der Waals surface area contributed by atoms with E-state index in [-0.39, 0.29) is 0 Å². The third-order valence-electron chi connectivity index (χ3n) is 3.78. The van der Waals surface area contributed by atoms with Gasteiger partial charge in [0.15, 0.2) is 5.82 Å². The Kier molecular flexibility index (Phi) is 3.42. The van der Waals surface area contributed by atoms with Gasteiger partial charge in [0, 0.05) is 17.3 Å². The van der Waals surface area contributed by atoms with Gasteiger partial charge in [-0.3, -0.25) is 0 Å². The minimum Gasteiger partial charge on any atom is -0.399 e. The minimum atomic E-state index is 0.493. The van der Waals surface area contributed by atoms with E-state index in [4.69, 9.17) is 17.3 Å². The van der Waals surface area contributed by atoms with Crippen molar-refractivity contribution in [3.8, 4) is 11.4 Å². The predicted octanol–water partition coefficient (Wildman–Crippen LogP) is 3.69. The number of aromatic nitrogens is 3. The van der Waals surface area contributed by atoms with Crippen LogP contribution in [0.2, 0.25) is 5.02 Å². The van der Waals surface area contributed by atoms with E-state index in [9.17, 15) is 0 Å². The molecule has 1 heterocycles. The van der Waals surface area contributed by atoms with Crippen LogP contribution >= 0.6 is 11.6 Å². The van der Waals surface area contributed by atoms with Crippen LogP contribution in [0.4, 0.5) is 5.69 Å². The minimum absolute atomic E-state index is 0.493. The molecule has 0 radical (unpaired) electrons. The van der Waals surface area contributed by atoms with E-state index in [0.717, 1.165) is 11.4 Å². The SMILES string of the molecule is Nc1ccc(-c2nncn2C2CCCCC2)c(Cl)c1. The van der Waals surface area contributed by atoms with Crippen molar-refractivity contribution in [2.75, 3.05) is 5.73 Å².